The molecule has 0 aliphatic carbocycles. The quantitative estimate of drug-likeness (QED) is 0.221. The Morgan fingerprint density at radius 1 is 1.10 bits per heavy atom. The molecule has 30 heavy (non-hydrogen) atoms. The van der Waals surface area contributed by atoms with Crippen LogP contribution in [0.3, 0.4) is 0 Å². The van der Waals surface area contributed by atoms with Crippen LogP contribution in [0.2, 0.25) is 5.02 Å². The maximum absolute atomic E-state index is 12.7. The Hall–Kier alpha value is -2.83. The molecule has 0 fully saturated rings. The average Bonchev–Trinajstić information content (AvgIpc) is 3.05. The molecule has 0 radical (unpaired) electrons. The van der Waals surface area contributed by atoms with Crippen LogP contribution in [0, 0.1) is 0 Å². The third kappa shape index (κ3) is 4.35. The van der Waals surface area contributed by atoms with Gasteiger partial charge in [0.25, 0.3) is 5.24 Å². The minimum Gasteiger partial charge on any atom is -0.481 e. The average molecular weight is 448 g/mol. The summed E-state index contributed by atoms with van der Waals surface area (Å²) in [7, 11) is 1.25. The Balaban J connectivity index is 2.24. The number of esters is 1. The van der Waals surface area contributed by atoms with E-state index in [4.69, 9.17) is 27.9 Å². The summed E-state index contributed by atoms with van der Waals surface area (Å²) in [6.07, 6.45) is 0.469. The summed E-state index contributed by atoms with van der Waals surface area (Å²) < 4.78 is 12.2. The lowest BCUT2D eigenvalue weighted by atomic mass is 10.0. The number of rotatable bonds is 8. The van der Waals surface area contributed by atoms with Crippen molar-refractivity contribution in [2.45, 2.75) is 19.9 Å². The van der Waals surface area contributed by atoms with Crippen molar-refractivity contribution in [3.8, 4) is 5.75 Å². The van der Waals surface area contributed by atoms with Gasteiger partial charge < -0.3 is 14.0 Å². The molecule has 3 aromatic rings. The van der Waals surface area contributed by atoms with Crippen molar-refractivity contribution in [1.29, 1.82) is 0 Å². The van der Waals surface area contributed by atoms with Gasteiger partial charge >= 0.3 is 5.97 Å². The molecule has 3 rings (SSSR count). The van der Waals surface area contributed by atoms with E-state index in [0.29, 0.717) is 40.3 Å². The molecule has 1 aromatic heterocycles. The van der Waals surface area contributed by atoms with Crippen LogP contribution in [0.5, 0.6) is 5.75 Å². The molecule has 1 heterocycles. The monoisotopic (exact) mass is 447 g/mol. The smallest absolute Gasteiger partial charge is 0.343 e. The highest BCUT2D eigenvalue weighted by Gasteiger charge is 2.27. The standard InChI is InChI=1S/C22H19Cl2NO5/c1-3-15-20(21(27)22(24)28)19-16(8-5-9-17(19)30-12-18(26)29-2)25(15)11-13-6-4-7-14(23)10-13/h4-10H,3,11-12H2,1-2H3. The zero-order valence-corrected chi connectivity index (χ0v) is 17.9. The van der Waals surface area contributed by atoms with E-state index in [1.54, 1.807) is 18.2 Å². The highest BCUT2D eigenvalue weighted by molar-refractivity contribution is 6.83. The number of hydrogen-bond acceptors (Lipinski definition) is 5. The largest absolute Gasteiger partial charge is 0.481 e. The van der Waals surface area contributed by atoms with E-state index < -0.39 is 17.0 Å². The number of fused-ring (bicyclic) bond motifs is 1. The van der Waals surface area contributed by atoms with Crippen LogP contribution in [-0.4, -0.2) is 35.3 Å². The zero-order chi connectivity index (χ0) is 21.8. The molecular weight excluding hydrogens is 429 g/mol. The Kier molecular flexibility index (Phi) is 6.80. The van der Waals surface area contributed by atoms with E-state index in [1.165, 1.54) is 7.11 Å². The second-order valence-electron chi connectivity index (χ2n) is 6.51. The molecule has 0 amide bonds. The molecule has 0 atom stereocenters. The van der Waals surface area contributed by atoms with Gasteiger partial charge in [-0.15, -0.1) is 0 Å². The van der Waals surface area contributed by atoms with Crippen LogP contribution < -0.4 is 4.74 Å². The van der Waals surface area contributed by atoms with E-state index in [1.807, 2.05) is 35.8 Å². The van der Waals surface area contributed by atoms with Gasteiger partial charge in [0.1, 0.15) is 5.75 Å². The van der Waals surface area contributed by atoms with Gasteiger partial charge in [-0.3, -0.25) is 9.59 Å². The third-order valence-corrected chi connectivity index (χ3v) is 5.11. The van der Waals surface area contributed by atoms with Crippen LogP contribution in [0.15, 0.2) is 42.5 Å². The number of benzene rings is 2. The third-order valence-electron chi connectivity index (χ3n) is 4.70. The van der Waals surface area contributed by atoms with Gasteiger partial charge in [-0.2, -0.15) is 0 Å². The van der Waals surface area contributed by atoms with Gasteiger partial charge in [0.05, 0.1) is 23.6 Å². The zero-order valence-electron chi connectivity index (χ0n) is 16.4. The number of nitrogens with zero attached hydrogens (tertiary/aromatic N) is 1. The number of hydrogen-bond donors (Lipinski definition) is 0. The molecule has 0 aliphatic rings. The van der Waals surface area contributed by atoms with E-state index in [2.05, 4.69) is 4.74 Å². The molecular formula is C22H19Cl2NO5. The van der Waals surface area contributed by atoms with Crippen LogP contribution in [-0.2, 0) is 27.3 Å². The number of carbonyl (C=O) groups excluding carboxylic acids is 3. The number of carbonyl (C=O) groups is 3. The Labute approximate surface area is 183 Å². The molecule has 2 aromatic carbocycles. The predicted octanol–water partition coefficient (Wildman–Crippen LogP) is 4.41. The fourth-order valence-corrected chi connectivity index (χ4v) is 3.75. The minimum atomic E-state index is -1.09. The number of halogens is 2. The van der Waals surface area contributed by atoms with Crippen molar-refractivity contribution < 1.29 is 23.9 Å². The number of aromatic nitrogens is 1. The topological polar surface area (TPSA) is 74.6 Å². The predicted molar refractivity (Wildman–Crippen MR) is 115 cm³/mol. The first-order valence-electron chi connectivity index (χ1n) is 9.19. The minimum absolute atomic E-state index is 0.176. The first kappa shape index (κ1) is 21.9. The Morgan fingerprint density at radius 2 is 1.83 bits per heavy atom. The second-order valence-corrected chi connectivity index (χ2v) is 7.29. The van der Waals surface area contributed by atoms with Gasteiger partial charge in [0.15, 0.2) is 6.61 Å². The molecule has 0 saturated heterocycles. The van der Waals surface area contributed by atoms with Crippen molar-refractivity contribution in [2.24, 2.45) is 0 Å². The number of ether oxygens (including phenoxy) is 2. The second kappa shape index (κ2) is 9.32. The van der Waals surface area contributed by atoms with Crippen LogP contribution >= 0.6 is 23.2 Å². The first-order chi connectivity index (χ1) is 14.4. The van der Waals surface area contributed by atoms with Gasteiger partial charge in [-0.05, 0) is 47.9 Å². The maximum Gasteiger partial charge on any atom is 0.343 e. The molecule has 0 N–H and O–H groups in total. The van der Waals surface area contributed by atoms with Crippen molar-refractivity contribution in [1.82, 2.24) is 4.57 Å². The van der Waals surface area contributed by atoms with Gasteiger partial charge in [0, 0.05) is 17.3 Å². The molecule has 156 valence electrons. The Bertz CT molecular complexity index is 1140. The van der Waals surface area contributed by atoms with E-state index in [9.17, 15) is 14.4 Å². The van der Waals surface area contributed by atoms with Crippen molar-refractivity contribution in [2.75, 3.05) is 13.7 Å². The molecule has 0 spiro atoms. The lowest BCUT2D eigenvalue weighted by Crippen LogP contribution is -2.14. The molecule has 0 aliphatic heterocycles. The highest BCUT2D eigenvalue weighted by Crippen LogP contribution is 2.35. The molecule has 0 saturated carbocycles. The lowest BCUT2D eigenvalue weighted by molar-refractivity contribution is -0.142. The summed E-state index contributed by atoms with van der Waals surface area (Å²) in [5.74, 6) is -1.10. The SMILES string of the molecule is CCc1c(C(=O)C(=O)Cl)c2c(OCC(=O)OC)cccc2n1Cc1cccc(Cl)c1. The fourth-order valence-electron chi connectivity index (χ4n) is 3.45. The normalized spacial score (nSPS) is 10.8. The summed E-state index contributed by atoms with van der Waals surface area (Å²) in [4.78, 5) is 36.1. The number of methoxy groups -OCH3 is 1. The number of ketones is 1. The van der Waals surface area contributed by atoms with Gasteiger partial charge in [0.2, 0.25) is 5.78 Å². The van der Waals surface area contributed by atoms with Crippen molar-refractivity contribution in [3.63, 3.8) is 0 Å². The van der Waals surface area contributed by atoms with E-state index in [0.717, 1.165) is 5.56 Å². The summed E-state index contributed by atoms with van der Waals surface area (Å²) in [6, 6.07) is 12.6. The van der Waals surface area contributed by atoms with E-state index in [-0.39, 0.29) is 12.2 Å². The lowest BCUT2D eigenvalue weighted by Gasteiger charge is -2.11. The van der Waals surface area contributed by atoms with E-state index >= 15 is 0 Å². The maximum atomic E-state index is 12.7. The van der Waals surface area contributed by atoms with Crippen LogP contribution in [0.4, 0.5) is 0 Å². The molecule has 0 unspecified atom stereocenters. The van der Waals surface area contributed by atoms with Crippen molar-refractivity contribution >= 4 is 51.1 Å². The van der Waals surface area contributed by atoms with Crippen molar-refractivity contribution in [3.05, 3.63) is 64.3 Å². The summed E-state index contributed by atoms with van der Waals surface area (Å²) in [5.41, 5.74) is 2.41. The highest BCUT2D eigenvalue weighted by atomic mass is 35.5. The Morgan fingerprint density at radius 3 is 2.47 bits per heavy atom. The summed E-state index contributed by atoms with van der Waals surface area (Å²) >= 11 is 11.7. The summed E-state index contributed by atoms with van der Waals surface area (Å²) in [6.45, 7) is 1.97. The molecule has 6 nitrogen and oxygen atoms in total. The number of Topliss-reactive ketones (excluding diaryl/α,β-unsaturated/α-hetero) is 1. The summed E-state index contributed by atoms with van der Waals surface area (Å²) in [5, 5.41) is -0.0649. The van der Waals surface area contributed by atoms with Crippen LogP contribution in [0.1, 0.15) is 28.5 Å². The first-order valence-corrected chi connectivity index (χ1v) is 9.95. The molecule has 8 heteroatoms. The van der Waals surface area contributed by atoms with Gasteiger partial charge in [-0.1, -0.05) is 36.7 Å². The van der Waals surface area contributed by atoms with Gasteiger partial charge in [-0.25, -0.2) is 4.79 Å². The fraction of sp³-hybridized carbons (Fsp3) is 0.227. The van der Waals surface area contributed by atoms with Crippen LogP contribution in [0.25, 0.3) is 10.9 Å². The molecule has 0 bridgehead atoms.